The Kier molecular flexibility index (Phi) is 4.89. The van der Waals surface area contributed by atoms with Crippen LogP contribution in [0.25, 0.3) is 0 Å². The smallest absolute Gasteiger partial charge is 0.251 e. The number of pyridine rings is 1. The highest BCUT2D eigenvalue weighted by Gasteiger charge is 2.27. The molecule has 5 nitrogen and oxygen atoms in total. The van der Waals surface area contributed by atoms with Crippen LogP contribution in [-0.4, -0.2) is 27.7 Å². The third-order valence-corrected chi connectivity index (χ3v) is 3.65. The molecule has 5 heteroatoms. The summed E-state index contributed by atoms with van der Waals surface area (Å²) in [5.74, 6) is -0.266. The van der Waals surface area contributed by atoms with E-state index in [2.05, 4.69) is 5.32 Å². The van der Waals surface area contributed by atoms with Gasteiger partial charge in [-0.2, -0.15) is 0 Å². The molecule has 0 bridgehead atoms. The molecule has 0 aliphatic rings. The summed E-state index contributed by atoms with van der Waals surface area (Å²) in [5, 5.41) is 12.9. The van der Waals surface area contributed by atoms with Gasteiger partial charge in [0, 0.05) is 31.4 Å². The van der Waals surface area contributed by atoms with Crippen molar-refractivity contribution >= 4 is 5.91 Å². The average Bonchev–Trinajstić information content (AvgIpc) is 2.38. The second-order valence-electron chi connectivity index (χ2n) is 5.21. The minimum absolute atomic E-state index is 0.0800. The molecule has 106 valence electrons. The van der Waals surface area contributed by atoms with Crippen LogP contribution in [0.2, 0.25) is 0 Å². The molecule has 0 radical (unpaired) electrons. The number of hydrogen-bond donors (Lipinski definition) is 2. The Morgan fingerprint density at radius 2 is 2.21 bits per heavy atom. The first kappa shape index (κ1) is 15.4. The van der Waals surface area contributed by atoms with Gasteiger partial charge in [0.15, 0.2) is 0 Å². The second-order valence-corrected chi connectivity index (χ2v) is 5.21. The molecule has 0 spiro atoms. The van der Waals surface area contributed by atoms with Crippen LogP contribution < -0.4 is 10.9 Å². The van der Waals surface area contributed by atoms with E-state index in [1.165, 1.54) is 10.6 Å². The molecule has 0 fully saturated rings. The van der Waals surface area contributed by atoms with Crippen molar-refractivity contribution in [2.45, 2.75) is 32.8 Å². The number of nitrogens with zero attached hydrogens (tertiary/aromatic N) is 1. The number of amides is 1. The minimum atomic E-state index is -0.954. The van der Waals surface area contributed by atoms with Crippen LogP contribution in [0.5, 0.6) is 0 Å². The molecular weight excluding hydrogens is 244 g/mol. The highest BCUT2D eigenvalue weighted by molar-refractivity contribution is 5.94. The highest BCUT2D eigenvalue weighted by Crippen LogP contribution is 2.18. The molecule has 1 aromatic heterocycles. The van der Waals surface area contributed by atoms with Crippen molar-refractivity contribution in [1.29, 1.82) is 0 Å². The molecule has 0 aromatic carbocycles. The molecule has 1 amide bonds. The van der Waals surface area contributed by atoms with Crippen LogP contribution in [0.4, 0.5) is 0 Å². The fourth-order valence-electron chi connectivity index (χ4n) is 1.67. The van der Waals surface area contributed by atoms with Gasteiger partial charge in [0.25, 0.3) is 11.5 Å². The Hall–Kier alpha value is -1.62. The quantitative estimate of drug-likeness (QED) is 0.832. The molecule has 2 N–H and O–H groups in total. The van der Waals surface area contributed by atoms with E-state index in [1.807, 2.05) is 13.8 Å². The Labute approximate surface area is 113 Å². The van der Waals surface area contributed by atoms with Gasteiger partial charge in [-0.15, -0.1) is 0 Å². The fourth-order valence-corrected chi connectivity index (χ4v) is 1.67. The van der Waals surface area contributed by atoms with Crippen molar-refractivity contribution in [3.63, 3.8) is 0 Å². The van der Waals surface area contributed by atoms with Gasteiger partial charge in [-0.1, -0.05) is 20.3 Å². The number of rotatable bonds is 5. The number of carbonyl (C=O) groups excluding carboxylic acids is 1. The van der Waals surface area contributed by atoms with E-state index in [1.54, 1.807) is 26.2 Å². The number of aromatic nitrogens is 1. The summed E-state index contributed by atoms with van der Waals surface area (Å²) in [6, 6.07) is 2.86. The van der Waals surface area contributed by atoms with Gasteiger partial charge in [-0.05, 0) is 18.9 Å². The lowest BCUT2D eigenvalue weighted by molar-refractivity contribution is 0.00592. The second kappa shape index (κ2) is 6.02. The zero-order chi connectivity index (χ0) is 14.6. The van der Waals surface area contributed by atoms with Crippen molar-refractivity contribution < 1.29 is 9.90 Å². The summed E-state index contributed by atoms with van der Waals surface area (Å²) in [5.41, 5.74) is -0.881. The first-order valence-corrected chi connectivity index (χ1v) is 6.45. The fraction of sp³-hybridized carbons (Fsp3) is 0.571. The monoisotopic (exact) mass is 266 g/mol. The largest absolute Gasteiger partial charge is 0.388 e. The van der Waals surface area contributed by atoms with Gasteiger partial charge in [0.2, 0.25) is 0 Å². The van der Waals surface area contributed by atoms with E-state index in [0.29, 0.717) is 5.56 Å². The van der Waals surface area contributed by atoms with Gasteiger partial charge in [0.05, 0.1) is 5.60 Å². The van der Waals surface area contributed by atoms with Crippen LogP contribution in [0.1, 0.15) is 37.6 Å². The number of nitrogens with one attached hydrogen (secondary N) is 1. The summed E-state index contributed by atoms with van der Waals surface area (Å²) in [6.45, 7) is 5.79. The van der Waals surface area contributed by atoms with Crippen molar-refractivity contribution in [3.05, 3.63) is 34.2 Å². The maximum atomic E-state index is 11.9. The predicted molar refractivity (Wildman–Crippen MR) is 74.1 cm³/mol. The van der Waals surface area contributed by atoms with Crippen LogP contribution >= 0.6 is 0 Å². The molecule has 0 saturated carbocycles. The van der Waals surface area contributed by atoms with Crippen molar-refractivity contribution in [2.75, 3.05) is 6.54 Å². The molecule has 2 unspecified atom stereocenters. The van der Waals surface area contributed by atoms with E-state index in [4.69, 9.17) is 0 Å². The Balaban J connectivity index is 2.70. The van der Waals surface area contributed by atoms with Crippen LogP contribution in [0, 0.1) is 5.92 Å². The van der Waals surface area contributed by atoms with E-state index in [0.717, 1.165) is 6.42 Å². The van der Waals surface area contributed by atoms with Crippen molar-refractivity contribution in [2.24, 2.45) is 13.0 Å². The summed E-state index contributed by atoms with van der Waals surface area (Å²) >= 11 is 0. The van der Waals surface area contributed by atoms with Crippen molar-refractivity contribution in [1.82, 2.24) is 9.88 Å². The molecule has 1 aromatic rings. The van der Waals surface area contributed by atoms with Crippen LogP contribution in [-0.2, 0) is 7.05 Å². The normalized spacial score (nSPS) is 15.6. The molecule has 0 saturated heterocycles. The standard InChI is InChI=1S/C14H22N2O3/c1-5-10(2)14(3,19)9-15-13(18)11-6-7-16(4)12(17)8-11/h6-8,10,19H,5,9H2,1-4H3,(H,15,18). The average molecular weight is 266 g/mol. The first-order valence-electron chi connectivity index (χ1n) is 6.45. The molecule has 2 atom stereocenters. The zero-order valence-electron chi connectivity index (χ0n) is 11.9. The number of carbonyl (C=O) groups is 1. The summed E-state index contributed by atoms with van der Waals surface area (Å²) in [4.78, 5) is 23.3. The lowest BCUT2D eigenvalue weighted by atomic mass is 9.88. The Bertz CT molecular complexity index is 506. The predicted octanol–water partition coefficient (Wildman–Crippen LogP) is 0.912. The first-order chi connectivity index (χ1) is 8.77. The summed E-state index contributed by atoms with van der Waals surface area (Å²) < 4.78 is 1.39. The number of aryl methyl sites for hydroxylation is 1. The third kappa shape index (κ3) is 3.92. The van der Waals surface area contributed by atoms with Crippen molar-refractivity contribution in [3.8, 4) is 0 Å². The molecule has 0 aliphatic heterocycles. The molecule has 19 heavy (non-hydrogen) atoms. The number of hydrogen-bond acceptors (Lipinski definition) is 3. The molecular formula is C14H22N2O3. The SMILES string of the molecule is CCC(C)C(C)(O)CNC(=O)c1ccn(C)c(=O)c1. The lowest BCUT2D eigenvalue weighted by Crippen LogP contribution is -2.45. The maximum Gasteiger partial charge on any atom is 0.251 e. The van der Waals surface area contributed by atoms with Gasteiger partial charge >= 0.3 is 0 Å². The van der Waals surface area contributed by atoms with Gasteiger partial charge < -0.3 is 15.0 Å². The van der Waals surface area contributed by atoms with Gasteiger partial charge in [0.1, 0.15) is 0 Å². The number of aliphatic hydroxyl groups is 1. The van der Waals surface area contributed by atoms with E-state index in [9.17, 15) is 14.7 Å². The van der Waals surface area contributed by atoms with Crippen LogP contribution in [0.15, 0.2) is 23.1 Å². The van der Waals surface area contributed by atoms with Gasteiger partial charge in [-0.3, -0.25) is 9.59 Å². The highest BCUT2D eigenvalue weighted by atomic mass is 16.3. The Morgan fingerprint density at radius 3 is 2.74 bits per heavy atom. The zero-order valence-corrected chi connectivity index (χ0v) is 11.9. The van der Waals surface area contributed by atoms with Gasteiger partial charge in [-0.25, -0.2) is 0 Å². The van der Waals surface area contributed by atoms with E-state index < -0.39 is 5.60 Å². The minimum Gasteiger partial charge on any atom is -0.388 e. The topological polar surface area (TPSA) is 71.3 Å². The van der Waals surface area contributed by atoms with E-state index in [-0.39, 0.29) is 23.9 Å². The lowest BCUT2D eigenvalue weighted by Gasteiger charge is -2.29. The van der Waals surface area contributed by atoms with Crippen LogP contribution in [0.3, 0.4) is 0 Å². The summed E-state index contributed by atoms with van der Waals surface area (Å²) in [6.07, 6.45) is 2.37. The summed E-state index contributed by atoms with van der Waals surface area (Å²) in [7, 11) is 1.62. The Morgan fingerprint density at radius 1 is 1.58 bits per heavy atom. The molecule has 1 rings (SSSR count). The maximum absolute atomic E-state index is 11.9. The van der Waals surface area contributed by atoms with E-state index >= 15 is 0 Å². The molecule has 0 aliphatic carbocycles. The molecule has 1 heterocycles. The third-order valence-electron chi connectivity index (χ3n) is 3.65.